The van der Waals surface area contributed by atoms with Crippen molar-refractivity contribution >= 4 is 27.6 Å². The molecule has 0 saturated carbocycles. The number of hydrogen-bond acceptors (Lipinski definition) is 4. The summed E-state index contributed by atoms with van der Waals surface area (Å²) >= 11 is 5.76. The van der Waals surface area contributed by atoms with E-state index in [0.717, 1.165) is 0 Å². The third-order valence-electron chi connectivity index (χ3n) is 2.32. The number of carbonyl (C=O) groups is 1. The Bertz CT molecular complexity index is 650. The van der Waals surface area contributed by atoms with Crippen molar-refractivity contribution in [1.29, 1.82) is 0 Å². The highest BCUT2D eigenvalue weighted by molar-refractivity contribution is 7.89. The van der Waals surface area contributed by atoms with Crippen LogP contribution >= 0.6 is 11.6 Å². The van der Waals surface area contributed by atoms with Gasteiger partial charge in [0.15, 0.2) is 0 Å². The third kappa shape index (κ3) is 3.63. The summed E-state index contributed by atoms with van der Waals surface area (Å²) in [5, 5.41) is 9.06. The second kappa shape index (κ2) is 6.61. The number of halogens is 1. The highest BCUT2D eigenvalue weighted by Crippen LogP contribution is 2.29. The Hall–Kier alpha value is -1.75. The molecular formula is C12H12ClNO5S. The lowest BCUT2D eigenvalue weighted by molar-refractivity contribution is -0.137. The molecule has 0 heterocycles. The van der Waals surface area contributed by atoms with Gasteiger partial charge in [-0.25, -0.2) is 8.42 Å². The number of ether oxygens (including phenoxy) is 1. The molecule has 108 valence electrons. The maximum absolute atomic E-state index is 12.4. The van der Waals surface area contributed by atoms with Gasteiger partial charge in [0.1, 0.15) is 17.2 Å². The van der Waals surface area contributed by atoms with Gasteiger partial charge in [0.05, 0.1) is 13.7 Å². The Labute approximate surface area is 122 Å². The minimum atomic E-state index is -4.09. The quantitative estimate of drug-likeness (QED) is 0.793. The summed E-state index contributed by atoms with van der Waals surface area (Å²) in [5.41, 5.74) is 0. The van der Waals surface area contributed by atoms with Gasteiger partial charge in [-0.3, -0.25) is 4.79 Å². The molecule has 20 heavy (non-hydrogen) atoms. The van der Waals surface area contributed by atoms with Crippen LogP contribution in [-0.4, -0.2) is 44.0 Å². The van der Waals surface area contributed by atoms with Gasteiger partial charge in [-0.05, 0) is 12.1 Å². The van der Waals surface area contributed by atoms with Crippen LogP contribution in [0, 0.1) is 12.3 Å². The van der Waals surface area contributed by atoms with Gasteiger partial charge in [-0.1, -0.05) is 17.5 Å². The number of benzene rings is 1. The highest BCUT2D eigenvalue weighted by Gasteiger charge is 2.29. The molecule has 0 bridgehead atoms. The number of rotatable bonds is 6. The first kappa shape index (κ1) is 16.3. The lowest BCUT2D eigenvalue weighted by Gasteiger charge is -2.19. The lowest BCUT2D eigenvalue weighted by Crippen LogP contribution is -2.36. The summed E-state index contributed by atoms with van der Waals surface area (Å²) in [6, 6.07) is 3.93. The van der Waals surface area contributed by atoms with Gasteiger partial charge in [0, 0.05) is 11.1 Å². The lowest BCUT2D eigenvalue weighted by atomic mass is 10.3. The van der Waals surface area contributed by atoms with E-state index in [1.807, 2.05) is 0 Å². The number of aliphatic carboxylic acids is 1. The number of methoxy groups -OCH3 is 1. The van der Waals surface area contributed by atoms with Crippen molar-refractivity contribution in [2.75, 3.05) is 20.2 Å². The van der Waals surface area contributed by atoms with Gasteiger partial charge >= 0.3 is 5.97 Å². The van der Waals surface area contributed by atoms with Gasteiger partial charge in [-0.2, -0.15) is 4.31 Å². The molecule has 1 rings (SSSR count). The minimum Gasteiger partial charge on any atom is -0.495 e. The van der Waals surface area contributed by atoms with Crippen LogP contribution in [0.25, 0.3) is 0 Å². The molecule has 0 aliphatic heterocycles. The fourth-order valence-electron chi connectivity index (χ4n) is 1.47. The molecule has 0 unspecified atom stereocenters. The molecule has 6 nitrogen and oxygen atoms in total. The largest absolute Gasteiger partial charge is 0.495 e. The van der Waals surface area contributed by atoms with E-state index in [0.29, 0.717) is 9.33 Å². The van der Waals surface area contributed by atoms with Crippen molar-refractivity contribution in [2.45, 2.75) is 4.90 Å². The van der Waals surface area contributed by atoms with Crippen molar-refractivity contribution in [2.24, 2.45) is 0 Å². The average Bonchev–Trinajstić information content (AvgIpc) is 2.37. The Morgan fingerprint density at radius 3 is 2.70 bits per heavy atom. The van der Waals surface area contributed by atoms with Gasteiger partial charge in [-0.15, -0.1) is 6.42 Å². The Kier molecular flexibility index (Phi) is 5.39. The van der Waals surface area contributed by atoms with E-state index < -0.39 is 22.5 Å². The van der Waals surface area contributed by atoms with Crippen LogP contribution in [0.15, 0.2) is 23.1 Å². The van der Waals surface area contributed by atoms with Gasteiger partial charge in [0.2, 0.25) is 10.0 Å². The normalized spacial score (nSPS) is 11.1. The van der Waals surface area contributed by atoms with Crippen LogP contribution in [0.3, 0.4) is 0 Å². The highest BCUT2D eigenvalue weighted by atomic mass is 35.5. The molecular weight excluding hydrogens is 306 g/mol. The molecule has 0 amide bonds. The first-order valence-electron chi connectivity index (χ1n) is 5.32. The first-order valence-corrected chi connectivity index (χ1v) is 7.13. The second-order valence-electron chi connectivity index (χ2n) is 3.67. The van der Waals surface area contributed by atoms with Crippen LogP contribution in [0.5, 0.6) is 5.75 Å². The fraction of sp³-hybridized carbons (Fsp3) is 0.250. The molecule has 1 aromatic rings. The molecule has 0 aliphatic carbocycles. The van der Waals surface area contributed by atoms with Gasteiger partial charge < -0.3 is 9.84 Å². The zero-order chi connectivity index (χ0) is 15.3. The van der Waals surface area contributed by atoms with Crippen molar-refractivity contribution in [1.82, 2.24) is 4.31 Å². The smallest absolute Gasteiger partial charge is 0.318 e. The minimum absolute atomic E-state index is 0.0184. The number of nitrogens with zero attached hydrogens (tertiary/aromatic N) is 1. The molecule has 1 aromatic carbocycles. The number of carboxylic acids is 1. The van der Waals surface area contributed by atoms with Crippen LogP contribution in [-0.2, 0) is 14.8 Å². The van der Waals surface area contributed by atoms with Crippen molar-refractivity contribution < 1.29 is 23.1 Å². The second-order valence-corrected chi connectivity index (χ2v) is 6.01. The van der Waals surface area contributed by atoms with E-state index >= 15 is 0 Å². The molecule has 0 spiro atoms. The Balaban J connectivity index is 3.33. The van der Waals surface area contributed by atoms with Crippen LogP contribution in [0.1, 0.15) is 0 Å². The molecule has 0 atom stereocenters. The van der Waals surface area contributed by atoms with Gasteiger partial charge in [0.25, 0.3) is 0 Å². The van der Waals surface area contributed by atoms with E-state index in [2.05, 4.69) is 5.92 Å². The van der Waals surface area contributed by atoms with Crippen LogP contribution < -0.4 is 4.74 Å². The van der Waals surface area contributed by atoms with E-state index in [4.69, 9.17) is 27.9 Å². The molecule has 0 saturated heterocycles. The molecule has 0 aromatic heterocycles. The number of hydrogen-bond donors (Lipinski definition) is 1. The standard InChI is InChI=1S/C12H12ClNO5S/c1-3-6-14(8-12(15)16)20(17,18)11-5-4-9(13)7-10(11)19-2/h1,4-5,7H,6,8H2,2H3,(H,15,16). The topological polar surface area (TPSA) is 83.9 Å². The van der Waals surface area contributed by atoms with Crippen molar-refractivity contribution in [3.05, 3.63) is 23.2 Å². The van der Waals surface area contributed by atoms with E-state index in [-0.39, 0.29) is 17.2 Å². The van der Waals surface area contributed by atoms with Crippen molar-refractivity contribution in [3.63, 3.8) is 0 Å². The number of terminal acetylenes is 1. The van der Waals surface area contributed by atoms with Crippen LogP contribution in [0.2, 0.25) is 5.02 Å². The fourth-order valence-corrected chi connectivity index (χ4v) is 3.07. The van der Waals surface area contributed by atoms with E-state index in [1.165, 1.54) is 25.3 Å². The number of sulfonamides is 1. The predicted molar refractivity (Wildman–Crippen MR) is 73.2 cm³/mol. The Morgan fingerprint density at radius 2 is 2.20 bits per heavy atom. The summed E-state index contributed by atoms with van der Waals surface area (Å²) in [6.45, 7) is -1.10. The SMILES string of the molecule is C#CCN(CC(=O)O)S(=O)(=O)c1ccc(Cl)cc1OC. The molecule has 8 heteroatoms. The summed E-state index contributed by atoms with van der Waals surface area (Å²) in [5.74, 6) is 0.824. The number of carboxylic acid groups (broad SMARTS) is 1. The maximum Gasteiger partial charge on any atom is 0.318 e. The zero-order valence-corrected chi connectivity index (χ0v) is 12.1. The molecule has 0 aliphatic rings. The maximum atomic E-state index is 12.4. The summed E-state index contributed by atoms with van der Waals surface area (Å²) in [4.78, 5) is 10.6. The molecule has 1 N–H and O–H groups in total. The van der Waals surface area contributed by atoms with Crippen molar-refractivity contribution in [3.8, 4) is 18.1 Å². The van der Waals surface area contributed by atoms with E-state index in [1.54, 1.807) is 0 Å². The predicted octanol–water partition coefficient (Wildman–Crippen LogP) is 1.06. The molecule has 0 fully saturated rings. The monoisotopic (exact) mass is 317 g/mol. The average molecular weight is 318 g/mol. The Morgan fingerprint density at radius 1 is 1.55 bits per heavy atom. The summed E-state index contributed by atoms with van der Waals surface area (Å²) < 4.78 is 30.4. The first-order chi connectivity index (χ1) is 9.32. The van der Waals surface area contributed by atoms with E-state index in [9.17, 15) is 13.2 Å². The van der Waals surface area contributed by atoms with Crippen LogP contribution in [0.4, 0.5) is 0 Å². The summed E-state index contributed by atoms with van der Waals surface area (Å²) in [7, 11) is -2.81. The third-order valence-corrected chi connectivity index (χ3v) is 4.39. The zero-order valence-electron chi connectivity index (χ0n) is 10.5. The summed E-state index contributed by atoms with van der Waals surface area (Å²) in [6.07, 6.45) is 5.07. The molecule has 0 radical (unpaired) electrons.